The fourth-order valence-corrected chi connectivity index (χ4v) is 3.38. The normalized spacial score (nSPS) is 12.4. The first-order valence-corrected chi connectivity index (χ1v) is 9.55. The molecule has 0 atom stereocenters. The molecule has 0 radical (unpaired) electrons. The lowest BCUT2D eigenvalue weighted by atomic mass is 10.0. The van der Waals surface area contributed by atoms with E-state index in [0.29, 0.717) is 36.9 Å². The second-order valence-electron chi connectivity index (χ2n) is 6.76. The molecule has 1 heterocycles. The van der Waals surface area contributed by atoms with Crippen LogP contribution >= 0.6 is 0 Å². The minimum absolute atomic E-state index is 0.0730. The third-order valence-corrected chi connectivity index (χ3v) is 4.74. The van der Waals surface area contributed by atoms with E-state index in [1.54, 1.807) is 23.1 Å². The molecule has 0 fully saturated rings. The number of hydrogen-bond acceptors (Lipinski definition) is 4. The summed E-state index contributed by atoms with van der Waals surface area (Å²) in [4.78, 5) is 26.4. The Morgan fingerprint density at radius 2 is 1.86 bits per heavy atom. The highest BCUT2D eigenvalue weighted by Crippen LogP contribution is 2.32. The highest BCUT2D eigenvalue weighted by molar-refractivity contribution is 5.96. The topological polar surface area (TPSA) is 67.9 Å². The number of carbonyl (C=O) groups excluding carboxylic acids is 2. The van der Waals surface area contributed by atoms with Crippen LogP contribution in [-0.4, -0.2) is 31.6 Å². The van der Waals surface area contributed by atoms with Gasteiger partial charge in [0.15, 0.2) is 11.5 Å². The number of benzene rings is 2. The molecular formula is C22H26N2O4. The summed E-state index contributed by atoms with van der Waals surface area (Å²) in [5, 5.41) is 2.87. The highest BCUT2D eigenvalue weighted by Gasteiger charge is 2.19. The maximum absolute atomic E-state index is 12.5. The standard InChI is InChI=1S/C22H26N2O4/c1-4-17-7-5-6-15(2)22(17)24(16(3)25)11-10-21(26)23-18-8-9-19-20(14-18)28-13-12-27-19/h5-9,14H,4,10-13H2,1-3H3,(H,23,26). The molecular weight excluding hydrogens is 356 g/mol. The van der Waals surface area contributed by atoms with Crippen LogP contribution in [0.15, 0.2) is 36.4 Å². The zero-order chi connectivity index (χ0) is 20.1. The summed E-state index contributed by atoms with van der Waals surface area (Å²) in [5.74, 6) is 1.08. The maximum Gasteiger partial charge on any atom is 0.226 e. The number of nitrogens with one attached hydrogen (secondary N) is 1. The van der Waals surface area contributed by atoms with E-state index < -0.39 is 0 Å². The number of nitrogens with zero attached hydrogens (tertiary/aromatic N) is 1. The molecule has 0 aliphatic carbocycles. The van der Waals surface area contributed by atoms with Crippen molar-refractivity contribution in [3.8, 4) is 11.5 Å². The van der Waals surface area contributed by atoms with Gasteiger partial charge in [-0.15, -0.1) is 0 Å². The van der Waals surface area contributed by atoms with Crippen molar-refractivity contribution in [1.82, 2.24) is 0 Å². The lowest BCUT2D eigenvalue weighted by molar-refractivity contribution is -0.117. The first-order chi connectivity index (χ1) is 13.5. The summed E-state index contributed by atoms with van der Waals surface area (Å²) in [7, 11) is 0. The van der Waals surface area contributed by atoms with Crippen LogP contribution in [0.3, 0.4) is 0 Å². The molecule has 0 aromatic heterocycles. The molecule has 6 nitrogen and oxygen atoms in total. The second kappa shape index (κ2) is 8.78. The van der Waals surface area contributed by atoms with Crippen molar-refractivity contribution in [2.75, 3.05) is 30.0 Å². The fourth-order valence-electron chi connectivity index (χ4n) is 3.38. The van der Waals surface area contributed by atoms with Gasteiger partial charge in [0, 0.05) is 37.3 Å². The van der Waals surface area contributed by atoms with Crippen molar-refractivity contribution in [3.63, 3.8) is 0 Å². The van der Waals surface area contributed by atoms with E-state index in [2.05, 4.69) is 12.2 Å². The van der Waals surface area contributed by atoms with E-state index in [4.69, 9.17) is 9.47 Å². The van der Waals surface area contributed by atoms with Gasteiger partial charge in [-0.2, -0.15) is 0 Å². The maximum atomic E-state index is 12.5. The van der Waals surface area contributed by atoms with Crippen LogP contribution in [0, 0.1) is 6.92 Å². The molecule has 1 aliphatic rings. The Morgan fingerprint density at radius 3 is 2.57 bits per heavy atom. The zero-order valence-corrected chi connectivity index (χ0v) is 16.6. The number of para-hydroxylation sites is 1. The van der Waals surface area contributed by atoms with Crippen molar-refractivity contribution in [2.24, 2.45) is 0 Å². The number of rotatable bonds is 6. The molecule has 1 aliphatic heterocycles. The molecule has 2 amide bonds. The predicted molar refractivity (Wildman–Crippen MR) is 109 cm³/mol. The molecule has 2 aromatic carbocycles. The quantitative estimate of drug-likeness (QED) is 0.827. The van der Waals surface area contributed by atoms with Crippen molar-refractivity contribution >= 4 is 23.2 Å². The highest BCUT2D eigenvalue weighted by atomic mass is 16.6. The Kier molecular flexibility index (Phi) is 6.19. The number of hydrogen-bond donors (Lipinski definition) is 1. The molecule has 0 spiro atoms. The largest absolute Gasteiger partial charge is 0.486 e. The summed E-state index contributed by atoms with van der Waals surface area (Å²) >= 11 is 0. The smallest absolute Gasteiger partial charge is 0.226 e. The van der Waals surface area contributed by atoms with Crippen LogP contribution in [0.1, 0.15) is 31.4 Å². The lowest BCUT2D eigenvalue weighted by Gasteiger charge is -2.25. The van der Waals surface area contributed by atoms with Crippen LogP contribution in [-0.2, 0) is 16.0 Å². The average Bonchev–Trinajstić information content (AvgIpc) is 2.68. The van der Waals surface area contributed by atoms with Crippen molar-refractivity contribution in [3.05, 3.63) is 47.5 Å². The van der Waals surface area contributed by atoms with Gasteiger partial charge in [-0.1, -0.05) is 25.1 Å². The van der Waals surface area contributed by atoms with E-state index in [9.17, 15) is 9.59 Å². The zero-order valence-electron chi connectivity index (χ0n) is 16.6. The van der Waals surface area contributed by atoms with E-state index in [0.717, 1.165) is 23.2 Å². The van der Waals surface area contributed by atoms with Gasteiger partial charge < -0.3 is 19.7 Å². The Balaban J connectivity index is 1.68. The summed E-state index contributed by atoms with van der Waals surface area (Å²) < 4.78 is 11.0. The van der Waals surface area contributed by atoms with E-state index in [-0.39, 0.29) is 18.2 Å². The van der Waals surface area contributed by atoms with Crippen LogP contribution in [0.2, 0.25) is 0 Å². The van der Waals surface area contributed by atoms with Crippen LogP contribution in [0.4, 0.5) is 11.4 Å². The second-order valence-corrected chi connectivity index (χ2v) is 6.76. The molecule has 6 heteroatoms. The molecule has 0 unspecified atom stereocenters. The Bertz CT molecular complexity index is 879. The first-order valence-electron chi connectivity index (χ1n) is 9.55. The van der Waals surface area contributed by atoms with E-state index >= 15 is 0 Å². The minimum Gasteiger partial charge on any atom is -0.486 e. The predicted octanol–water partition coefficient (Wildman–Crippen LogP) is 3.71. The van der Waals surface area contributed by atoms with Gasteiger partial charge in [0.25, 0.3) is 0 Å². The molecule has 148 valence electrons. The molecule has 3 rings (SSSR count). The number of anilines is 2. The van der Waals surface area contributed by atoms with Crippen molar-refractivity contribution in [2.45, 2.75) is 33.6 Å². The van der Waals surface area contributed by atoms with Gasteiger partial charge in [0.05, 0.1) is 0 Å². The minimum atomic E-state index is -0.158. The van der Waals surface area contributed by atoms with Gasteiger partial charge in [0.1, 0.15) is 13.2 Å². The van der Waals surface area contributed by atoms with Gasteiger partial charge in [-0.3, -0.25) is 9.59 Å². The summed E-state index contributed by atoms with van der Waals surface area (Å²) in [6, 6.07) is 11.3. The third-order valence-electron chi connectivity index (χ3n) is 4.74. The van der Waals surface area contributed by atoms with Gasteiger partial charge >= 0.3 is 0 Å². The molecule has 1 N–H and O–H groups in total. The Morgan fingerprint density at radius 1 is 1.11 bits per heavy atom. The number of carbonyl (C=O) groups is 2. The average molecular weight is 382 g/mol. The van der Waals surface area contributed by atoms with Gasteiger partial charge in [0.2, 0.25) is 11.8 Å². The SMILES string of the molecule is CCc1cccc(C)c1N(CCC(=O)Nc1ccc2c(c1)OCCO2)C(C)=O. The molecule has 0 bridgehead atoms. The van der Waals surface area contributed by atoms with Crippen LogP contribution in [0.25, 0.3) is 0 Å². The van der Waals surface area contributed by atoms with Crippen molar-refractivity contribution < 1.29 is 19.1 Å². The first kappa shape index (κ1) is 19.7. The van der Waals surface area contributed by atoms with Gasteiger partial charge in [-0.25, -0.2) is 0 Å². The lowest BCUT2D eigenvalue weighted by Crippen LogP contribution is -2.33. The molecule has 0 saturated carbocycles. The summed E-state index contributed by atoms with van der Waals surface area (Å²) in [5.41, 5.74) is 3.68. The number of amides is 2. The van der Waals surface area contributed by atoms with E-state index in [1.807, 2.05) is 25.1 Å². The van der Waals surface area contributed by atoms with Crippen LogP contribution < -0.4 is 19.7 Å². The number of ether oxygens (including phenoxy) is 2. The third kappa shape index (κ3) is 4.44. The molecule has 2 aromatic rings. The molecule has 0 saturated heterocycles. The van der Waals surface area contributed by atoms with Crippen molar-refractivity contribution in [1.29, 1.82) is 0 Å². The Hall–Kier alpha value is -3.02. The fraction of sp³-hybridized carbons (Fsp3) is 0.364. The van der Waals surface area contributed by atoms with E-state index in [1.165, 1.54) is 6.92 Å². The summed E-state index contributed by atoms with van der Waals surface area (Å²) in [6.07, 6.45) is 1.02. The number of fused-ring (bicyclic) bond motifs is 1. The van der Waals surface area contributed by atoms with Crippen LogP contribution in [0.5, 0.6) is 11.5 Å². The number of aryl methyl sites for hydroxylation is 2. The Labute approximate surface area is 165 Å². The summed E-state index contributed by atoms with van der Waals surface area (Å²) in [6.45, 7) is 6.92. The monoisotopic (exact) mass is 382 g/mol. The molecule has 28 heavy (non-hydrogen) atoms. The van der Waals surface area contributed by atoms with Gasteiger partial charge in [-0.05, 0) is 36.6 Å².